The minimum atomic E-state index is 0.608. The molecule has 4 aliphatic rings. The summed E-state index contributed by atoms with van der Waals surface area (Å²) in [5, 5.41) is 12.5. The second kappa shape index (κ2) is 8.70. The molecule has 28 heavy (non-hydrogen) atoms. The smallest absolute Gasteiger partial charge is 0.166 e. The predicted octanol–water partition coefficient (Wildman–Crippen LogP) is 3.38. The van der Waals surface area contributed by atoms with E-state index in [2.05, 4.69) is 47.2 Å². The van der Waals surface area contributed by atoms with Gasteiger partial charge in [0.25, 0.3) is 0 Å². The molecule has 0 amide bonds. The highest BCUT2D eigenvalue weighted by atomic mass is 32.1. The van der Waals surface area contributed by atoms with E-state index in [1.165, 1.54) is 63.0 Å². The molecule has 0 radical (unpaired) electrons. The molecule has 1 aromatic heterocycles. The normalized spacial score (nSPS) is 30.1. The third kappa shape index (κ3) is 4.38. The quantitative estimate of drug-likeness (QED) is 0.713. The van der Waals surface area contributed by atoms with Gasteiger partial charge in [0.1, 0.15) is 0 Å². The van der Waals surface area contributed by atoms with E-state index in [0.717, 1.165) is 24.1 Å². The van der Waals surface area contributed by atoms with Gasteiger partial charge in [-0.3, -0.25) is 9.58 Å². The lowest BCUT2D eigenvalue weighted by atomic mass is 9.74. The Hall–Kier alpha value is -1.14. The van der Waals surface area contributed by atoms with E-state index in [9.17, 15) is 0 Å². The second-order valence-electron chi connectivity index (χ2n) is 9.62. The molecule has 4 heterocycles. The summed E-state index contributed by atoms with van der Waals surface area (Å²) >= 11 is 5.45. The van der Waals surface area contributed by atoms with Crippen LogP contribution >= 0.6 is 12.2 Å². The Labute approximate surface area is 175 Å². The molecular weight excluding hydrogens is 366 g/mol. The Kier molecular flexibility index (Phi) is 6.26. The van der Waals surface area contributed by atoms with Crippen molar-refractivity contribution in [1.82, 2.24) is 25.3 Å². The molecule has 1 aliphatic carbocycles. The molecule has 3 aliphatic heterocycles. The molecular formula is C22H37N5S. The summed E-state index contributed by atoms with van der Waals surface area (Å²) in [7, 11) is 2.16. The van der Waals surface area contributed by atoms with Gasteiger partial charge in [-0.2, -0.15) is 5.10 Å². The Morgan fingerprint density at radius 2 is 2.04 bits per heavy atom. The van der Waals surface area contributed by atoms with Crippen LogP contribution in [0.4, 0.5) is 0 Å². The van der Waals surface area contributed by atoms with Crippen molar-refractivity contribution < 1.29 is 0 Å². The lowest BCUT2D eigenvalue weighted by Crippen LogP contribution is -2.56. The molecule has 4 fully saturated rings. The first-order valence-corrected chi connectivity index (χ1v) is 11.7. The fraction of sp³-hybridized carbons (Fsp3) is 0.818. The molecule has 2 bridgehead atoms. The lowest BCUT2D eigenvalue weighted by molar-refractivity contribution is 0.0302. The van der Waals surface area contributed by atoms with Crippen LogP contribution < -0.4 is 10.6 Å². The Bertz CT molecular complexity index is 678. The summed E-state index contributed by atoms with van der Waals surface area (Å²) in [5.41, 5.74) is 2.82. The second-order valence-corrected chi connectivity index (χ2v) is 10.0. The molecule has 4 atom stereocenters. The van der Waals surface area contributed by atoms with E-state index in [-0.39, 0.29) is 0 Å². The van der Waals surface area contributed by atoms with Crippen molar-refractivity contribution in [2.24, 2.45) is 18.9 Å². The van der Waals surface area contributed by atoms with Crippen LogP contribution in [0, 0.1) is 11.8 Å². The van der Waals surface area contributed by atoms with Crippen LogP contribution in [0.1, 0.15) is 75.6 Å². The molecule has 5 rings (SSSR count). The van der Waals surface area contributed by atoms with Gasteiger partial charge in [0.2, 0.25) is 0 Å². The number of rotatable bonds is 6. The highest BCUT2D eigenvalue weighted by molar-refractivity contribution is 7.80. The number of piperidine rings is 3. The maximum Gasteiger partial charge on any atom is 0.166 e. The van der Waals surface area contributed by atoms with Gasteiger partial charge in [-0.25, -0.2) is 0 Å². The molecule has 5 nitrogen and oxygen atoms in total. The predicted molar refractivity (Wildman–Crippen MR) is 119 cm³/mol. The minimum absolute atomic E-state index is 0.608. The zero-order valence-electron chi connectivity index (χ0n) is 17.8. The fourth-order valence-electron chi connectivity index (χ4n) is 5.53. The van der Waals surface area contributed by atoms with Crippen molar-refractivity contribution in [3.8, 4) is 0 Å². The molecule has 0 spiro atoms. The average Bonchev–Trinajstić information content (AvgIpc) is 3.34. The third-order valence-electron chi connectivity index (χ3n) is 7.14. The van der Waals surface area contributed by atoms with E-state index < -0.39 is 0 Å². The van der Waals surface area contributed by atoms with Crippen molar-refractivity contribution in [1.29, 1.82) is 0 Å². The van der Waals surface area contributed by atoms with Crippen molar-refractivity contribution in [3.05, 3.63) is 17.5 Å². The van der Waals surface area contributed by atoms with Crippen molar-refractivity contribution in [2.75, 3.05) is 26.2 Å². The van der Waals surface area contributed by atoms with E-state index in [0.29, 0.717) is 23.8 Å². The number of nitrogens with one attached hydrogen (secondary N) is 2. The van der Waals surface area contributed by atoms with E-state index in [1.54, 1.807) is 0 Å². The van der Waals surface area contributed by atoms with Gasteiger partial charge in [0.05, 0.1) is 5.69 Å². The van der Waals surface area contributed by atoms with E-state index >= 15 is 0 Å². The molecule has 6 heteroatoms. The Morgan fingerprint density at radius 1 is 1.25 bits per heavy atom. The topological polar surface area (TPSA) is 45.1 Å². The minimum Gasteiger partial charge on any atom is -0.362 e. The van der Waals surface area contributed by atoms with Crippen LogP contribution in [0.25, 0.3) is 0 Å². The summed E-state index contributed by atoms with van der Waals surface area (Å²) in [6, 6.07) is 3.05. The number of hydrogen-bond acceptors (Lipinski definition) is 3. The molecule has 0 aromatic carbocycles. The molecule has 1 unspecified atom stereocenters. The van der Waals surface area contributed by atoms with Gasteiger partial charge < -0.3 is 10.6 Å². The summed E-state index contributed by atoms with van der Waals surface area (Å²) < 4.78 is 2.19. The number of nitrogens with zero attached hydrogens (tertiary/aromatic N) is 3. The average molecular weight is 404 g/mol. The van der Waals surface area contributed by atoms with Crippen molar-refractivity contribution in [2.45, 2.75) is 70.3 Å². The van der Waals surface area contributed by atoms with Crippen LogP contribution in [0.5, 0.6) is 0 Å². The first-order valence-electron chi connectivity index (χ1n) is 11.3. The Morgan fingerprint density at radius 3 is 2.71 bits per heavy atom. The molecule has 2 N–H and O–H groups in total. The standard InChI is InChI=1S/C22H37N5S/c1-15(2)12-23-22(28)24-13-18-10-17-8-9-27(18)14-19(17)21-11-20(25-26(21)3)16-6-4-5-7-16/h11,15-19H,4-10,12-14H2,1-3H3,(H2,23,24,28)/t17-,18+,19-/m0/s1. The highest BCUT2D eigenvalue weighted by Gasteiger charge is 2.42. The van der Waals surface area contributed by atoms with E-state index in [1.807, 2.05) is 0 Å². The Balaban J connectivity index is 1.34. The van der Waals surface area contributed by atoms with Gasteiger partial charge in [0.15, 0.2) is 5.11 Å². The number of fused-ring (bicyclic) bond motifs is 3. The molecule has 1 aromatic rings. The first-order chi connectivity index (χ1) is 13.5. The fourth-order valence-corrected chi connectivity index (χ4v) is 5.69. The molecule has 1 saturated carbocycles. The third-order valence-corrected chi connectivity index (χ3v) is 7.42. The summed E-state index contributed by atoms with van der Waals surface area (Å²) in [5.74, 6) is 2.74. The lowest BCUT2D eigenvalue weighted by Gasteiger charge is -2.50. The van der Waals surface area contributed by atoms with Crippen molar-refractivity contribution >= 4 is 17.3 Å². The van der Waals surface area contributed by atoms with Crippen LogP contribution in [0.15, 0.2) is 6.07 Å². The zero-order chi connectivity index (χ0) is 19.7. The van der Waals surface area contributed by atoms with Crippen LogP contribution in [-0.2, 0) is 7.05 Å². The summed E-state index contributed by atoms with van der Waals surface area (Å²) in [6.45, 7) is 8.72. The van der Waals surface area contributed by atoms with Crippen LogP contribution in [0.2, 0.25) is 0 Å². The zero-order valence-corrected chi connectivity index (χ0v) is 18.6. The number of hydrogen-bond donors (Lipinski definition) is 2. The maximum absolute atomic E-state index is 5.45. The number of aromatic nitrogens is 2. The summed E-state index contributed by atoms with van der Waals surface area (Å²) in [6.07, 6.45) is 8.00. The van der Waals surface area contributed by atoms with Gasteiger partial charge >= 0.3 is 0 Å². The summed E-state index contributed by atoms with van der Waals surface area (Å²) in [4.78, 5) is 2.69. The van der Waals surface area contributed by atoms with Gasteiger partial charge in [0, 0.05) is 50.3 Å². The highest BCUT2D eigenvalue weighted by Crippen LogP contribution is 2.43. The largest absolute Gasteiger partial charge is 0.362 e. The maximum atomic E-state index is 5.45. The van der Waals surface area contributed by atoms with Gasteiger partial charge in [-0.15, -0.1) is 0 Å². The van der Waals surface area contributed by atoms with E-state index in [4.69, 9.17) is 17.3 Å². The van der Waals surface area contributed by atoms with Gasteiger partial charge in [-0.1, -0.05) is 26.7 Å². The number of aryl methyl sites for hydroxylation is 1. The monoisotopic (exact) mass is 403 g/mol. The first kappa shape index (κ1) is 20.1. The number of thiocarbonyl (C=S) groups is 1. The molecule has 156 valence electrons. The van der Waals surface area contributed by atoms with Crippen LogP contribution in [0.3, 0.4) is 0 Å². The van der Waals surface area contributed by atoms with Crippen LogP contribution in [-0.4, -0.2) is 52.0 Å². The SMILES string of the molecule is CC(C)CNC(=S)NC[C@H]1C[C@@H]2CCN1C[C@@H]2c1cc(C2CCCC2)nn1C. The van der Waals surface area contributed by atoms with Gasteiger partial charge in [-0.05, 0) is 62.3 Å². The molecule has 3 saturated heterocycles. The van der Waals surface area contributed by atoms with Crippen molar-refractivity contribution in [3.63, 3.8) is 0 Å².